The van der Waals surface area contributed by atoms with E-state index >= 15 is 0 Å². The average molecular weight is 380 g/mol. The summed E-state index contributed by atoms with van der Waals surface area (Å²) < 4.78 is 5.46. The number of benzene rings is 2. The molecular weight excluding hydrogens is 356 g/mol. The molecule has 146 valence electrons. The van der Waals surface area contributed by atoms with E-state index in [-0.39, 0.29) is 24.8 Å². The molecule has 1 heterocycles. The number of anilines is 1. The van der Waals surface area contributed by atoms with Crippen LogP contribution < -0.4 is 9.64 Å². The van der Waals surface area contributed by atoms with Crippen molar-refractivity contribution in [2.45, 2.75) is 13.8 Å². The molecule has 0 unspecified atom stereocenters. The molecule has 0 bridgehead atoms. The number of aryl methyl sites for hydroxylation is 1. The van der Waals surface area contributed by atoms with Crippen LogP contribution in [0.4, 0.5) is 5.69 Å². The van der Waals surface area contributed by atoms with E-state index in [1.165, 1.54) is 4.90 Å². The number of carbonyl (C=O) groups excluding carboxylic acids is 2. The van der Waals surface area contributed by atoms with Crippen molar-refractivity contribution in [2.75, 3.05) is 31.7 Å². The topological polar surface area (TPSA) is 70.1 Å². The number of likely N-dealkylation sites (N-methyl/N-ethyl adjacent to an activating group) is 1. The van der Waals surface area contributed by atoms with Gasteiger partial charge in [-0.05, 0) is 43.7 Å². The summed E-state index contributed by atoms with van der Waals surface area (Å²) in [6, 6.07) is 14.4. The summed E-state index contributed by atoms with van der Waals surface area (Å²) >= 11 is 0. The molecular formula is C22H24N2O4. The Bertz CT molecular complexity index is 901. The fourth-order valence-electron chi connectivity index (χ4n) is 3.21. The number of ether oxygens (including phenoxy) is 1. The van der Waals surface area contributed by atoms with Crippen molar-refractivity contribution in [3.05, 3.63) is 65.4 Å². The van der Waals surface area contributed by atoms with Gasteiger partial charge in [0.25, 0.3) is 11.8 Å². The first-order valence-electron chi connectivity index (χ1n) is 9.22. The highest BCUT2D eigenvalue weighted by Crippen LogP contribution is 2.34. The SMILES string of the molecule is CCOc1ccc(C2=C(N(C)CCO)C(=O)N(c3ccc(C)cc3)C2=O)cc1. The van der Waals surface area contributed by atoms with Crippen LogP contribution in [0.2, 0.25) is 0 Å². The van der Waals surface area contributed by atoms with Crippen LogP contribution in [0.3, 0.4) is 0 Å². The van der Waals surface area contributed by atoms with E-state index in [0.717, 1.165) is 5.56 Å². The number of imide groups is 1. The molecule has 2 aromatic carbocycles. The summed E-state index contributed by atoms with van der Waals surface area (Å²) in [5.41, 5.74) is 2.81. The van der Waals surface area contributed by atoms with E-state index in [2.05, 4.69) is 0 Å². The van der Waals surface area contributed by atoms with Crippen molar-refractivity contribution in [1.82, 2.24) is 4.90 Å². The van der Waals surface area contributed by atoms with Crippen LogP contribution in [-0.4, -0.2) is 48.6 Å². The largest absolute Gasteiger partial charge is 0.494 e. The highest BCUT2D eigenvalue weighted by Gasteiger charge is 2.41. The number of hydrogen-bond donors (Lipinski definition) is 1. The second-order valence-corrected chi connectivity index (χ2v) is 6.61. The van der Waals surface area contributed by atoms with Crippen LogP contribution in [0.1, 0.15) is 18.1 Å². The highest BCUT2D eigenvalue weighted by atomic mass is 16.5. The van der Waals surface area contributed by atoms with Crippen molar-refractivity contribution >= 4 is 23.1 Å². The Morgan fingerprint density at radius 1 is 1.00 bits per heavy atom. The van der Waals surface area contributed by atoms with Gasteiger partial charge in [0.05, 0.1) is 24.5 Å². The predicted octanol–water partition coefficient (Wildman–Crippen LogP) is 2.60. The molecule has 0 radical (unpaired) electrons. The van der Waals surface area contributed by atoms with Crippen LogP contribution in [0.5, 0.6) is 5.75 Å². The number of nitrogens with zero attached hydrogens (tertiary/aromatic N) is 2. The van der Waals surface area contributed by atoms with Gasteiger partial charge in [-0.15, -0.1) is 0 Å². The van der Waals surface area contributed by atoms with Crippen LogP contribution in [-0.2, 0) is 9.59 Å². The van der Waals surface area contributed by atoms with Gasteiger partial charge in [0.1, 0.15) is 11.4 Å². The molecule has 0 atom stereocenters. The lowest BCUT2D eigenvalue weighted by Gasteiger charge is -2.20. The molecule has 1 N–H and O–H groups in total. The van der Waals surface area contributed by atoms with Crippen molar-refractivity contribution in [2.24, 2.45) is 0 Å². The van der Waals surface area contributed by atoms with Crippen LogP contribution >= 0.6 is 0 Å². The summed E-state index contributed by atoms with van der Waals surface area (Å²) in [4.78, 5) is 29.2. The minimum Gasteiger partial charge on any atom is -0.494 e. The van der Waals surface area contributed by atoms with E-state index in [1.54, 1.807) is 48.3 Å². The molecule has 1 aliphatic rings. The zero-order valence-corrected chi connectivity index (χ0v) is 16.3. The maximum atomic E-state index is 13.3. The molecule has 0 aliphatic carbocycles. The van der Waals surface area contributed by atoms with E-state index in [9.17, 15) is 14.7 Å². The van der Waals surface area contributed by atoms with Crippen LogP contribution in [0.25, 0.3) is 5.57 Å². The minimum absolute atomic E-state index is 0.122. The van der Waals surface area contributed by atoms with E-state index in [4.69, 9.17) is 4.74 Å². The van der Waals surface area contributed by atoms with Crippen molar-refractivity contribution < 1.29 is 19.4 Å². The Labute approximate surface area is 164 Å². The Hall–Kier alpha value is -3.12. The smallest absolute Gasteiger partial charge is 0.282 e. The molecule has 2 aromatic rings. The van der Waals surface area contributed by atoms with E-state index in [1.807, 2.05) is 26.0 Å². The lowest BCUT2D eigenvalue weighted by Crippen LogP contribution is -2.34. The van der Waals surface area contributed by atoms with Crippen LogP contribution in [0, 0.1) is 6.92 Å². The second kappa shape index (κ2) is 8.27. The first kappa shape index (κ1) is 19.6. The standard InChI is InChI=1S/C22H24N2O4/c1-4-28-18-11-7-16(8-12-18)19-20(23(3)13-14-25)22(27)24(21(19)26)17-9-5-15(2)6-10-17/h5-12,25H,4,13-14H2,1-3H3. The molecule has 3 rings (SSSR count). The Balaban J connectivity index is 2.06. The fourth-order valence-corrected chi connectivity index (χ4v) is 3.21. The average Bonchev–Trinajstić information content (AvgIpc) is 2.94. The number of amides is 2. The number of hydrogen-bond acceptors (Lipinski definition) is 5. The van der Waals surface area contributed by atoms with Crippen molar-refractivity contribution in [3.8, 4) is 5.75 Å². The number of aliphatic hydroxyl groups is 1. The molecule has 0 saturated heterocycles. The molecule has 1 aliphatic heterocycles. The fraction of sp³-hybridized carbons (Fsp3) is 0.273. The monoisotopic (exact) mass is 380 g/mol. The maximum absolute atomic E-state index is 13.3. The van der Waals surface area contributed by atoms with Gasteiger partial charge in [-0.25, -0.2) is 4.90 Å². The molecule has 2 amide bonds. The number of aliphatic hydroxyl groups excluding tert-OH is 1. The van der Waals surface area contributed by atoms with Gasteiger partial charge in [-0.1, -0.05) is 29.8 Å². The van der Waals surface area contributed by atoms with Gasteiger partial charge in [0, 0.05) is 13.6 Å². The molecule has 0 fully saturated rings. The zero-order valence-electron chi connectivity index (χ0n) is 16.3. The first-order valence-corrected chi connectivity index (χ1v) is 9.22. The van der Waals surface area contributed by atoms with Gasteiger partial charge in [0.2, 0.25) is 0 Å². The van der Waals surface area contributed by atoms with Crippen molar-refractivity contribution in [1.29, 1.82) is 0 Å². The zero-order chi connectivity index (χ0) is 20.3. The Morgan fingerprint density at radius 2 is 1.64 bits per heavy atom. The normalized spacial score (nSPS) is 14.1. The van der Waals surface area contributed by atoms with Gasteiger partial charge in [-0.2, -0.15) is 0 Å². The molecule has 6 nitrogen and oxygen atoms in total. The minimum atomic E-state index is -0.395. The van der Waals surface area contributed by atoms with Gasteiger partial charge in [-0.3, -0.25) is 9.59 Å². The summed E-state index contributed by atoms with van der Waals surface area (Å²) in [6.07, 6.45) is 0. The number of rotatable bonds is 7. The lowest BCUT2D eigenvalue weighted by atomic mass is 10.0. The molecule has 28 heavy (non-hydrogen) atoms. The van der Waals surface area contributed by atoms with Crippen LogP contribution in [0.15, 0.2) is 54.2 Å². The summed E-state index contributed by atoms with van der Waals surface area (Å²) in [6.45, 7) is 4.52. The molecule has 0 saturated carbocycles. The summed E-state index contributed by atoms with van der Waals surface area (Å²) in [7, 11) is 1.70. The Morgan fingerprint density at radius 3 is 2.21 bits per heavy atom. The summed E-state index contributed by atoms with van der Waals surface area (Å²) in [5, 5.41) is 9.32. The van der Waals surface area contributed by atoms with Crippen molar-refractivity contribution in [3.63, 3.8) is 0 Å². The van der Waals surface area contributed by atoms with Gasteiger partial charge in [0.15, 0.2) is 0 Å². The Kier molecular flexibility index (Phi) is 5.80. The molecule has 0 spiro atoms. The first-order chi connectivity index (χ1) is 13.5. The third kappa shape index (κ3) is 3.64. The summed E-state index contributed by atoms with van der Waals surface area (Å²) in [5.74, 6) is -0.0734. The number of carbonyl (C=O) groups is 2. The highest BCUT2D eigenvalue weighted by molar-refractivity contribution is 6.45. The quantitative estimate of drug-likeness (QED) is 0.748. The van der Waals surface area contributed by atoms with E-state index in [0.29, 0.717) is 29.2 Å². The third-order valence-electron chi connectivity index (χ3n) is 4.62. The maximum Gasteiger partial charge on any atom is 0.282 e. The van der Waals surface area contributed by atoms with Gasteiger partial charge >= 0.3 is 0 Å². The lowest BCUT2D eigenvalue weighted by molar-refractivity contribution is -0.120. The van der Waals surface area contributed by atoms with E-state index < -0.39 is 5.91 Å². The molecule has 0 aromatic heterocycles. The predicted molar refractivity (Wildman–Crippen MR) is 108 cm³/mol. The van der Waals surface area contributed by atoms with Gasteiger partial charge < -0.3 is 14.7 Å². The second-order valence-electron chi connectivity index (χ2n) is 6.61. The third-order valence-corrected chi connectivity index (χ3v) is 4.62. The molecule has 6 heteroatoms.